The van der Waals surface area contributed by atoms with Crippen LogP contribution in [0.3, 0.4) is 0 Å². The molecular weight excluding hydrogens is 390 g/mol. The topological polar surface area (TPSA) is 66.8 Å². The average Bonchev–Trinajstić information content (AvgIpc) is 2.99. The standard InChI is InChI=1S/C18H35NO.C8H8O3/c1-2-3-4-5-6-7-8-9-10-13-16-19-17-14-11-12-15-18(19)20;1-11-8(10)6-2-4-7(9)5-3-6/h2-17H2,1H3;2-5,9H,1H3. The Morgan fingerprint density at radius 2 is 1.48 bits per heavy atom. The van der Waals surface area contributed by atoms with Crippen molar-refractivity contribution in [2.75, 3.05) is 20.2 Å². The molecular formula is C26H43NO4. The molecule has 0 aromatic heterocycles. The molecule has 0 aliphatic carbocycles. The lowest BCUT2D eigenvalue weighted by atomic mass is 10.1. The summed E-state index contributed by atoms with van der Waals surface area (Å²) in [5.74, 6) is 0.140. The quantitative estimate of drug-likeness (QED) is 0.302. The van der Waals surface area contributed by atoms with Gasteiger partial charge in [-0.3, -0.25) is 4.79 Å². The molecule has 1 aromatic carbocycles. The summed E-state index contributed by atoms with van der Waals surface area (Å²) in [6, 6.07) is 5.88. The number of phenolic OH excluding ortho intramolecular Hbond substituents is 1. The van der Waals surface area contributed by atoms with Crippen LogP contribution in [0.2, 0.25) is 0 Å². The number of benzene rings is 1. The molecule has 0 radical (unpaired) electrons. The molecule has 176 valence electrons. The van der Waals surface area contributed by atoms with E-state index >= 15 is 0 Å². The average molecular weight is 434 g/mol. The summed E-state index contributed by atoms with van der Waals surface area (Å²) < 4.78 is 4.46. The summed E-state index contributed by atoms with van der Waals surface area (Å²) in [4.78, 5) is 24.8. The van der Waals surface area contributed by atoms with Crippen LogP contribution in [0.15, 0.2) is 24.3 Å². The third-order valence-corrected chi connectivity index (χ3v) is 5.74. The van der Waals surface area contributed by atoms with Gasteiger partial charge in [0.2, 0.25) is 5.91 Å². The summed E-state index contributed by atoms with van der Waals surface area (Å²) in [7, 11) is 1.31. The highest BCUT2D eigenvalue weighted by Crippen LogP contribution is 2.14. The van der Waals surface area contributed by atoms with Crippen LogP contribution >= 0.6 is 0 Å². The summed E-state index contributed by atoms with van der Waals surface area (Å²) in [6.45, 7) is 4.29. The van der Waals surface area contributed by atoms with E-state index in [0.29, 0.717) is 11.5 Å². The van der Waals surface area contributed by atoms with Gasteiger partial charge in [-0.15, -0.1) is 0 Å². The molecule has 1 saturated heterocycles. The fourth-order valence-corrected chi connectivity index (χ4v) is 3.78. The van der Waals surface area contributed by atoms with Gasteiger partial charge in [0.15, 0.2) is 0 Å². The number of aromatic hydroxyl groups is 1. The van der Waals surface area contributed by atoms with Crippen LogP contribution in [0.4, 0.5) is 0 Å². The van der Waals surface area contributed by atoms with Gasteiger partial charge in [-0.25, -0.2) is 4.79 Å². The van der Waals surface area contributed by atoms with Gasteiger partial charge < -0.3 is 14.7 Å². The Morgan fingerprint density at radius 1 is 0.903 bits per heavy atom. The van der Waals surface area contributed by atoms with Crippen LogP contribution in [0.1, 0.15) is 107 Å². The first kappa shape index (κ1) is 27.0. The zero-order valence-electron chi connectivity index (χ0n) is 19.7. The molecule has 1 fully saturated rings. The highest BCUT2D eigenvalue weighted by atomic mass is 16.5. The Balaban J connectivity index is 0.000000367. The largest absolute Gasteiger partial charge is 0.508 e. The van der Waals surface area contributed by atoms with Crippen molar-refractivity contribution >= 4 is 11.9 Å². The lowest BCUT2D eigenvalue weighted by molar-refractivity contribution is -0.130. The van der Waals surface area contributed by atoms with Gasteiger partial charge in [0.25, 0.3) is 0 Å². The maximum Gasteiger partial charge on any atom is 0.337 e. The number of phenols is 1. The van der Waals surface area contributed by atoms with Gasteiger partial charge in [-0.2, -0.15) is 0 Å². The molecule has 5 nitrogen and oxygen atoms in total. The third kappa shape index (κ3) is 13.1. The van der Waals surface area contributed by atoms with Gasteiger partial charge in [0, 0.05) is 19.5 Å². The minimum absolute atomic E-state index is 0.137. The zero-order valence-corrected chi connectivity index (χ0v) is 19.7. The SMILES string of the molecule is CCCCCCCCCCCCN1CCCCCC1=O.COC(=O)c1ccc(O)cc1. The van der Waals surface area contributed by atoms with Crippen molar-refractivity contribution in [1.82, 2.24) is 4.90 Å². The molecule has 0 saturated carbocycles. The van der Waals surface area contributed by atoms with E-state index in [1.807, 2.05) is 0 Å². The van der Waals surface area contributed by atoms with Crippen LogP contribution < -0.4 is 0 Å². The summed E-state index contributed by atoms with van der Waals surface area (Å²) in [6.07, 6.45) is 18.0. The minimum Gasteiger partial charge on any atom is -0.508 e. The Bertz CT molecular complexity index is 600. The van der Waals surface area contributed by atoms with Crippen molar-refractivity contribution in [3.05, 3.63) is 29.8 Å². The van der Waals surface area contributed by atoms with Crippen molar-refractivity contribution in [3.8, 4) is 5.75 Å². The van der Waals surface area contributed by atoms with Gasteiger partial charge in [-0.1, -0.05) is 71.1 Å². The molecule has 0 unspecified atom stereocenters. The van der Waals surface area contributed by atoms with E-state index in [9.17, 15) is 9.59 Å². The molecule has 1 amide bonds. The van der Waals surface area contributed by atoms with E-state index < -0.39 is 5.97 Å². The molecule has 1 aromatic rings. The van der Waals surface area contributed by atoms with Gasteiger partial charge in [0.1, 0.15) is 5.75 Å². The number of hydrogen-bond acceptors (Lipinski definition) is 4. The molecule has 1 aliphatic rings. The molecule has 1 N–H and O–H groups in total. The van der Waals surface area contributed by atoms with E-state index in [1.165, 1.54) is 108 Å². The molecule has 2 rings (SSSR count). The van der Waals surface area contributed by atoms with Crippen LogP contribution in [0, 0.1) is 0 Å². The Morgan fingerprint density at radius 3 is 2.06 bits per heavy atom. The van der Waals surface area contributed by atoms with Crippen molar-refractivity contribution in [1.29, 1.82) is 0 Å². The maximum absolute atomic E-state index is 11.8. The lowest BCUT2D eigenvalue weighted by Crippen LogP contribution is -2.31. The monoisotopic (exact) mass is 433 g/mol. The molecule has 1 aliphatic heterocycles. The van der Waals surface area contributed by atoms with E-state index in [0.717, 1.165) is 25.9 Å². The smallest absolute Gasteiger partial charge is 0.337 e. The van der Waals surface area contributed by atoms with E-state index in [2.05, 4.69) is 16.6 Å². The van der Waals surface area contributed by atoms with Gasteiger partial charge in [0.05, 0.1) is 12.7 Å². The maximum atomic E-state index is 11.8. The molecule has 0 bridgehead atoms. The highest BCUT2D eigenvalue weighted by molar-refractivity contribution is 5.89. The minimum atomic E-state index is -0.398. The van der Waals surface area contributed by atoms with Crippen molar-refractivity contribution in [2.24, 2.45) is 0 Å². The number of unbranched alkanes of at least 4 members (excludes halogenated alkanes) is 9. The molecule has 31 heavy (non-hydrogen) atoms. The number of carbonyl (C=O) groups is 2. The fourth-order valence-electron chi connectivity index (χ4n) is 3.78. The Hall–Kier alpha value is -2.04. The van der Waals surface area contributed by atoms with Crippen LogP contribution in [-0.4, -0.2) is 42.1 Å². The zero-order chi connectivity index (χ0) is 22.7. The normalized spacial score (nSPS) is 13.9. The first-order valence-electron chi connectivity index (χ1n) is 12.2. The number of hydrogen-bond donors (Lipinski definition) is 1. The van der Waals surface area contributed by atoms with E-state index in [4.69, 9.17) is 5.11 Å². The predicted molar refractivity (Wildman–Crippen MR) is 126 cm³/mol. The third-order valence-electron chi connectivity index (χ3n) is 5.74. The molecule has 1 heterocycles. The van der Waals surface area contributed by atoms with Crippen LogP contribution in [0.5, 0.6) is 5.75 Å². The first-order chi connectivity index (χ1) is 15.1. The second kappa shape index (κ2) is 17.6. The second-order valence-corrected chi connectivity index (χ2v) is 8.41. The molecule has 0 atom stereocenters. The van der Waals surface area contributed by atoms with Crippen LogP contribution in [0.25, 0.3) is 0 Å². The van der Waals surface area contributed by atoms with Crippen LogP contribution in [-0.2, 0) is 9.53 Å². The van der Waals surface area contributed by atoms with Gasteiger partial charge in [-0.05, 0) is 43.5 Å². The fraction of sp³-hybridized carbons (Fsp3) is 0.692. The van der Waals surface area contributed by atoms with Gasteiger partial charge >= 0.3 is 5.97 Å². The lowest BCUT2D eigenvalue weighted by Gasteiger charge is -2.20. The van der Waals surface area contributed by atoms with E-state index in [-0.39, 0.29) is 5.75 Å². The van der Waals surface area contributed by atoms with Crippen molar-refractivity contribution in [3.63, 3.8) is 0 Å². The highest BCUT2D eigenvalue weighted by Gasteiger charge is 2.15. The van der Waals surface area contributed by atoms with Crippen molar-refractivity contribution in [2.45, 2.75) is 96.8 Å². The number of nitrogens with zero attached hydrogens (tertiary/aromatic N) is 1. The summed E-state index contributed by atoms with van der Waals surface area (Å²) in [5, 5.41) is 8.86. The van der Waals surface area contributed by atoms with E-state index in [1.54, 1.807) is 0 Å². The number of amides is 1. The predicted octanol–water partition coefficient (Wildman–Crippen LogP) is 6.49. The number of rotatable bonds is 12. The number of likely N-dealkylation sites (tertiary alicyclic amines) is 1. The Kier molecular flexibility index (Phi) is 15.3. The Labute approximate surface area is 189 Å². The second-order valence-electron chi connectivity index (χ2n) is 8.41. The first-order valence-corrected chi connectivity index (χ1v) is 12.2. The number of ether oxygens (including phenoxy) is 1. The number of carbonyl (C=O) groups excluding carboxylic acids is 2. The number of methoxy groups -OCH3 is 1. The number of esters is 1. The summed E-state index contributed by atoms with van der Waals surface area (Å²) >= 11 is 0. The summed E-state index contributed by atoms with van der Waals surface area (Å²) in [5.41, 5.74) is 0.435. The molecule has 0 spiro atoms. The molecule has 5 heteroatoms. The van der Waals surface area contributed by atoms with Crippen molar-refractivity contribution < 1.29 is 19.4 Å².